The maximum atomic E-state index is 9.03. The van der Waals surface area contributed by atoms with Gasteiger partial charge in [0.25, 0.3) is 0 Å². The van der Waals surface area contributed by atoms with Gasteiger partial charge in [-0.15, -0.1) is 11.3 Å². The Morgan fingerprint density at radius 2 is 2.50 bits per heavy atom. The first-order chi connectivity index (χ1) is 4.70. The van der Waals surface area contributed by atoms with E-state index in [0.29, 0.717) is 0 Å². The summed E-state index contributed by atoms with van der Waals surface area (Å²) in [5.41, 5.74) is 0. The van der Waals surface area contributed by atoms with Crippen LogP contribution in [0, 0.1) is 0 Å². The number of aliphatic hydroxyl groups is 1. The van der Waals surface area contributed by atoms with Crippen LogP contribution < -0.4 is 0 Å². The van der Waals surface area contributed by atoms with E-state index in [1.807, 2.05) is 11.4 Å². The van der Waals surface area contributed by atoms with Gasteiger partial charge < -0.3 is 5.11 Å². The maximum Gasteiger partial charge on any atom is 0.0560 e. The Kier molecular flexibility index (Phi) is 2.89. The standard InChI is InChI=1S/C7H9BrOS/c1-5(9)4-7-6(8)2-3-10-7/h2-3,5,9H,4H2,1H3/t5-/m1/s1. The Hall–Kier alpha value is 0.140. The van der Waals surface area contributed by atoms with Crippen LogP contribution in [0.1, 0.15) is 11.8 Å². The molecule has 0 aromatic carbocycles. The van der Waals surface area contributed by atoms with Crippen LogP contribution >= 0.6 is 27.3 Å². The summed E-state index contributed by atoms with van der Waals surface area (Å²) in [5, 5.41) is 11.1. The first-order valence-electron chi connectivity index (χ1n) is 3.10. The molecule has 10 heavy (non-hydrogen) atoms. The SMILES string of the molecule is C[C@@H](O)Cc1sccc1Br. The van der Waals surface area contributed by atoms with Gasteiger partial charge in [0.15, 0.2) is 0 Å². The highest BCUT2D eigenvalue weighted by molar-refractivity contribution is 9.10. The molecule has 1 rings (SSSR count). The minimum Gasteiger partial charge on any atom is -0.393 e. The van der Waals surface area contributed by atoms with Crippen LogP contribution in [-0.2, 0) is 6.42 Å². The van der Waals surface area contributed by atoms with Crippen molar-refractivity contribution >= 4 is 27.3 Å². The average molecular weight is 221 g/mol. The minimum atomic E-state index is -0.241. The highest BCUT2D eigenvalue weighted by atomic mass is 79.9. The molecule has 0 spiro atoms. The van der Waals surface area contributed by atoms with Crippen molar-refractivity contribution in [3.8, 4) is 0 Å². The van der Waals surface area contributed by atoms with Gasteiger partial charge in [-0.2, -0.15) is 0 Å². The molecule has 0 amide bonds. The fourth-order valence-corrected chi connectivity index (χ4v) is 2.37. The van der Waals surface area contributed by atoms with Crippen molar-refractivity contribution < 1.29 is 5.11 Å². The third-order valence-corrected chi connectivity index (χ3v) is 3.12. The van der Waals surface area contributed by atoms with Gasteiger partial charge in [-0.05, 0) is 34.3 Å². The minimum absolute atomic E-state index is 0.241. The van der Waals surface area contributed by atoms with Crippen LogP contribution in [0.5, 0.6) is 0 Å². The van der Waals surface area contributed by atoms with Crippen LogP contribution in [0.25, 0.3) is 0 Å². The number of thiophene rings is 1. The lowest BCUT2D eigenvalue weighted by Gasteiger charge is -2.00. The second-order valence-corrected chi connectivity index (χ2v) is 4.10. The lowest BCUT2D eigenvalue weighted by Crippen LogP contribution is -2.02. The Labute approximate surface area is 72.8 Å². The third-order valence-electron chi connectivity index (χ3n) is 1.17. The molecule has 0 aliphatic rings. The second-order valence-electron chi connectivity index (χ2n) is 2.24. The lowest BCUT2D eigenvalue weighted by atomic mass is 10.2. The summed E-state index contributed by atoms with van der Waals surface area (Å²) in [6.07, 6.45) is 0.507. The molecule has 1 heterocycles. The summed E-state index contributed by atoms with van der Waals surface area (Å²) in [7, 11) is 0. The molecular weight excluding hydrogens is 212 g/mol. The summed E-state index contributed by atoms with van der Waals surface area (Å²) in [4.78, 5) is 1.22. The van der Waals surface area contributed by atoms with E-state index in [1.54, 1.807) is 18.3 Å². The van der Waals surface area contributed by atoms with Crippen LogP contribution in [-0.4, -0.2) is 11.2 Å². The number of rotatable bonds is 2. The van der Waals surface area contributed by atoms with Crippen molar-refractivity contribution in [1.29, 1.82) is 0 Å². The molecule has 1 nitrogen and oxygen atoms in total. The van der Waals surface area contributed by atoms with E-state index < -0.39 is 0 Å². The van der Waals surface area contributed by atoms with Gasteiger partial charge in [-0.25, -0.2) is 0 Å². The van der Waals surface area contributed by atoms with Crippen molar-refractivity contribution in [3.05, 3.63) is 20.8 Å². The van der Waals surface area contributed by atoms with Crippen molar-refractivity contribution in [3.63, 3.8) is 0 Å². The molecule has 0 aliphatic carbocycles. The summed E-state index contributed by atoms with van der Waals surface area (Å²) in [5.74, 6) is 0. The molecule has 56 valence electrons. The maximum absolute atomic E-state index is 9.03. The van der Waals surface area contributed by atoms with Gasteiger partial charge in [0.2, 0.25) is 0 Å². The normalized spacial score (nSPS) is 13.5. The molecule has 0 bridgehead atoms. The molecule has 0 unspecified atom stereocenters. The Bertz CT molecular complexity index is 207. The van der Waals surface area contributed by atoms with Crippen molar-refractivity contribution in [1.82, 2.24) is 0 Å². The topological polar surface area (TPSA) is 20.2 Å². The van der Waals surface area contributed by atoms with Crippen LogP contribution in [0.3, 0.4) is 0 Å². The zero-order chi connectivity index (χ0) is 7.56. The summed E-state index contributed by atoms with van der Waals surface area (Å²) in [6, 6.07) is 2.00. The molecule has 1 atom stereocenters. The lowest BCUT2D eigenvalue weighted by molar-refractivity contribution is 0.196. The van der Waals surface area contributed by atoms with Gasteiger partial charge in [-0.1, -0.05) is 0 Å². The third kappa shape index (κ3) is 2.08. The molecule has 1 aromatic heterocycles. The van der Waals surface area contributed by atoms with Crippen molar-refractivity contribution in [2.75, 3.05) is 0 Å². The number of aliphatic hydroxyl groups excluding tert-OH is 1. The Morgan fingerprint density at radius 1 is 1.80 bits per heavy atom. The molecule has 0 saturated heterocycles. The number of hydrogen-bond acceptors (Lipinski definition) is 2. The van der Waals surface area contributed by atoms with E-state index in [0.717, 1.165) is 10.9 Å². The summed E-state index contributed by atoms with van der Waals surface area (Å²) in [6.45, 7) is 1.80. The highest BCUT2D eigenvalue weighted by Gasteiger charge is 2.03. The van der Waals surface area contributed by atoms with E-state index in [2.05, 4.69) is 15.9 Å². The smallest absolute Gasteiger partial charge is 0.0560 e. The van der Waals surface area contributed by atoms with Gasteiger partial charge in [0, 0.05) is 15.8 Å². The van der Waals surface area contributed by atoms with Crippen LogP contribution in [0.2, 0.25) is 0 Å². The predicted octanol–water partition coefficient (Wildman–Crippen LogP) is 2.43. The molecule has 0 fully saturated rings. The monoisotopic (exact) mass is 220 g/mol. The molecule has 1 aromatic rings. The zero-order valence-corrected chi connectivity index (χ0v) is 8.08. The first-order valence-corrected chi connectivity index (χ1v) is 4.77. The predicted molar refractivity (Wildman–Crippen MR) is 47.4 cm³/mol. The van der Waals surface area contributed by atoms with Crippen molar-refractivity contribution in [2.24, 2.45) is 0 Å². The summed E-state index contributed by atoms with van der Waals surface area (Å²) < 4.78 is 1.11. The largest absolute Gasteiger partial charge is 0.393 e. The number of hydrogen-bond donors (Lipinski definition) is 1. The molecule has 3 heteroatoms. The van der Waals surface area contributed by atoms with E-state index in [9.17, 15) is 0 Å². The van der Waals surface area contributed by atoms with E-state index >= 15 is 0 Å². The summed E-state index contributed by atoms with van der Waals surface area (Å²) >= 11 is 5.07. The Balaban J connectivity index is 2.65. The zero-order valence-electron chi connectivity index (χ0n) is 5.67. The van der Waals surface area contributed by atoms with E-state index in [4.69, 9.17) is 5.11 Å². The first kappa shape index (κ1) is 8.24. The fraction of sp³-hybridized carbons (Fsp3) is 0.429. The Morgan fingerprint density at radius 3 is 2.90 bits per heavy atom. The molecule has 0 saturated carbocycles. The second kappa shape index (κ2) is 3.51. The highest BCUT2D eigenvalue weighted by Crippen LogP contribution is 2.23. The number of halogens is 1. The van der Waals surface area contributed by atoms with Crippen LogP contribution in [0.15, 0.2) is 15.9 Å². The fourth-order valence-electron chi connectivity index (χ4n) is 0.739. The van der Waals surface area contributed by atoms with E-state index in [-0.39, 0.29) is 6.10 Å². The molecule has 0 aliphatic heterocycles. The molecular formula is C7H9BrOS. The quantitative estimate of drug-likeness (QED) is 0.813. The average Bonchev–Trinajstić information content (AvgIpc) is 2.15. The van der Waals surface area contributed by atoms with Crippen molar-refractivity contribution in [2.45, 2.75) is 19.4 Å². The van der Waals surface area contributed by atoms with Crippen LogP contribution in [0.4, 0.5) is 0 Å². The van der Waals surface area contributed by atoms with Gasteiger partial charge in [0.1, 0.15) is 0 Å². The van der Waals surface area contributed by atoms with Gasteiger partial charge >= 0.3 is 0 Å². The van der Waals surface area contributed by atoms with Gasteiger partial charge in [-0.3, -0.25) is 0 Å². The molecule has 1 N–H and O–H groups in total. The van der Waals surface area contributed by atoms with Gasteiger partial charge in [0.05, 0.1) is 6.10 Å². The van der Waals surface area contributed by atoms with E-state index in [1.165, 1.54) is 4.88 Å². The molecule has 0 radical (unpaired) electrons.